The highest BCUT2D eigenvalue weighted by molar-refractivity contribution is 7.86. The Morgan fingerprint density at radius 3 is 2.80 bits per heavy atom. The maximum absolute atomic E-state index is 13.4. The molecule has 0 amide bonds. The van der Waals surface area contributed by atoms with Gasteiger partial charge in [-0.15, -0.1) is 0 Å². The topological polar surface area (TPSA) is 84.1 Å². The van der Waals surface area contributed by atoms with Crippen molar-refractivity contribution >= 4 is 45.1 Å². The minimum Gasteiger partial charge on any atom is -0.495 e. The van der Waals surface area contributed by atoms with Crippen LogP contribution in [0.5, 0.6) is 5.75 Å². The number of rotatable bonds is 6. The van der Waals surface area contributed by atoms with E-state index >= 15 is 0 Å². The lowest BCUT2D eigenvalue weighted by atomic mass is 10.0. The lowest BCUT2D eigenvalue weighted by Crippen LogP contribution is -2.07. The molecule has 0 aliphatic heterocycles. The van der Waals surface area contributed by atoms with Crippen LogP contribution in [0.4, 0.5) is 10.1 Å². The number of carbonyl (C=O) groups excluding carboxylic acids is 1. The number of hydrogen-bond acceptors (Lipinski definition) is 4. The molecule has 4 aromatic rings. The Morgan fingerprint density at radius 1 is 1.20 bits per heavy atom. The Hall–Kier alpha value is -3.23. The van der Waals surface area contributed by atoms with Gasteiger partial charge in [0.1, 0.15) is 28.2 Å². The SMILES string of the molecule is COc1cnc2[nH]cc(C(=O)c3cc(NS(=O)c4cccc(F)c4)ccc3Cl)c2c1. The summed E-state index contributed by atoms with van der Waals surface area (Å²) < 4.78 is 33.8. The number of H-pyrrole nitrogens is 1. The van der Waals surface area contributed by atoms with Crippen LogP contribution in [0, 0.1) is 5.82 Å². The third kappa shape index (κ3) is 3.92. The molecule has 6 nitrogen and oxygen atoms in total. The summed E-state index contributed by atoms with van der Waals surface area (Å²) in [5.74, 6) is -0.303. The maximum atomic E-state index is 13.4. The molecule has 2 heterocycles. The first-order chi connectivity index (χ1) is 14.5. The van der Waals surface area contributed by atoms with Gasteiger partial charge in [0.2, 0.25) is 0 Å². The lowest BCUT2D eigenvalue weighted by Gasteiger charge is -2.09. The number of benzene rings is 2. The zero-order valence-corrected chi connectivity index (χ0v) is 17.2. The molecule has 152 valence electrons. The molecule has 0 fully saturated rings. The summed E-state index contributed by atoms with van der Waals surface area (Å²) in [6, 6.07) is 11.8. The summed E-state index contributed by atoms with van der Waals surface area (Å²) >= 11 is 6.27. The van der Waals surface area contributed by atoms with Crippen molar-refractivity contribution in [2.24, 2.45) is 0 Å². The molecule has 1 unspecified atom stereocenters. The van der Waals surface area contributed by atoms with Gasteiger partial charge in [-0.05, 0) is 42.5 Å². The number of nitrogens with zero attached hydrogens (tertiary/aromatic N) is 1. The summed E-state index contributed by atoms with van der Waals surface area (Å²) in [6.07, 6.45) is 3.10. The summed E-state index contributed by atoms with van der Waals surface area (Å²) in [7, 11) is -0.198. The van der Waals surface area contributed by atoms with Gasteiger partial charge in [0, 0.05) is 28.4 Å². The number of hydrogen-bond donors (Lipinski definition) is 2. The fourth-order valence-electron chi connectivity index (χ4n) is 2.94. The van der Waals surface area contributed by atoms with Gasteiger partial charge in [0.05, 0.1) is 23.2 Å². The smallest absolute Gasteiger partial charge is 0.196 e. The van der Waals surface area contributed by atoms with Gasteiger partial charge in [-0.25, -0.2) is 13.6 Å². The molecule has 2 aromatic carbocycles. The van der Waals surface area contributed by atoms with Crippen molar-refractivity contribution in [2.75, 3.05) is 11.8 Å². The highest BCUT2D eigenvalue weighted by Crippen LogP contribution is 2.28. The van der Waals surface area contributed by atoms with E-state index in [1.165, 1.54) is 37.4 Å². The number of nitrogens with one attached hydrogen (secondary N) is 2. The average molecular weight is 444 g/mol. The minimum atomic E-state index is -1.71. The molecular weight excluding hydrogens is 429 g/mol. The highest BCUT2D eigenvalue weighted by Gasteiger charge is 2.19. The fourth-order valence-corrected chi connectivity index (χ4v) is 4.02. The Labute approximate surface area is 178 Å². The molecule has 0 spiro atoms. The normalized spacial score (nSPS) is 12.0. The van der Waals surface area contributed by atoms with E-state index in [0.717, 1.165) is 0 Å². The number of aromatic amines is 1. The monoisotopic (exact) mass is 443 g/mol. The van der Waals surface area contributed by atoms with Crippen LogP contribution in [0.25, 0.3) is 11.0 Å². The van der Waals surface area contributed by atoms with E-state index in [0.29, 0.717) is 28.0 Å². The van der Waals surface area contributed by atoms with Gasteiger partial charge in [0.25, 0.3) is 0 Å². The molecule has 0 aliphatic rings. The Kier molecular flexibility index (Phi) is 5.52. The molecular formula is C21H15ClFN3O3S. The zero-order chi connectivity index (χ0) is 21.3. The Morgan fingerprint density at radius 2 is 2.03 bits per heavy atom. The Balaban J connectivity index is 1.66. The largest absolute Gasteiger partial charge is 0.495 e. The van der Waals surface area contributed by atoms with Crippen molar-refractivity contribution < 1.29 is 18.1 Å². The van der Waals surface area contributed by atoms with Crippen molar-refractivity contribution in [3.05, 3.63) is 82.9 Å². The number of pyridine rings is 1. The van der Waals surface area contributed by atoms with E-state index in [1.54, 1.807) is 30.6 Å². The van der Waals surface area contributed by atoms with Gasteiger partial charge in [0.15, 0.2) is 5.78 Å². The van der Waals surface area contributed by atoms with Gasteiger partial charge in [-0.2, -0.15) is 0 Å². The van der Waals surface area contributed by atoms with Crippen LogP contribution < -0.4 is 9.46 Å². The molecule has 1 atom stereocenters. The first kappa shape index (κ1) is 20.1. The van der Waals surface area contributed by atoms with Crippen LogP contribution in [0.3, 0.4) is 0 Å². The molecule has 2 aromatic heterocycles. The van der Waals surface area contributed by atoms with E-state index in [2.05, 4.69) is 14.7 Å². The second kappa shape index (κ2) is 8.25. The molecule has 4 rings (SSSR count). The third-order valence-electron chi connectivity index (χ3n) is 4.42. The molecule has 9 heteroatoms. The van der Waals surface area contributed by atoms with Gasteiger partial charge in [-0.3, -0.25) is 4.79 Å². The van der Waals surface area contributed by atoms with Crippen LogP contribution in [0.15, 0.2) is 65.8 Å². The molecule has 2 N–H and O–H groups in total. The second-order valence-electron chi connectivity index (χ2n) is 6.33. The van der Waals surface area contributed by atoms with E-state index < -0.39 is 16.8 Å². The first-order valence-electron chi connectivity index (χ1n) is 8.75. The fraction of sp³-hybridized carbons (Fsp3) is 0.0476. The summed E-state index contributed by atoms with van der Waals surface area (Å²) in [5.41, 5.74) is 1.54. The van der Waals surface area contributed by atoms with Crippen molar-refractivity contribution in [1.82, 2.24) is 9.97 Å². The number of fused-ring (bicyclic) bond motifs is 1. The van der Waals surface area contributed by atoms with Crippen LogP contribution in [0.1, 0.15) is 15.9 Å². The van der Waals surface area contributed by atoms with Crippen molar-refractivity contribution in [3.63, 3.8) is 0 Å². The molecule has 0 bridgehead atoms. The molecule has 0 saturated heterocycles. The molecule has 0 saturated carbocycles. The lowest BCUT2D eigenvalue weighted by molar-refractivity contribution is 0.104. The number of aromatic nitrogens is 2. The van der Waals surface area contributed by atoms with Crippen LogP contribution in [-0.4, -0.2) is 27.1 Å². The zero-order valence-electron chi connectivity index (χ0n) is 15.6. The van der Waals surface area contributed by atoms with Crippen molar-refractivity contribution in [1.29, 1.82) is 0 Å². The number of methoxy groups -OCH3 is 1. The van der Waals surface area contributed by atoms with Crippen LogP contribution in [-0.2, 0) is 11.0 Å². The summed E-state index contributed by atoms with van der Waals surface area (Å²) in [4.78, 5) is 20.6. The van der Waals surface area contributed by atoms with Crippen molar-refractivity contribution in [2.45, 2.75) is 4.90 Å². The standard InChI is InChI=1S/C21H15ClFN3O3S/c1-29-14-9-16-18(11-25-21(16)24-10-14)20(27)17-8-13(5-6-19(17)22)26-30(28)15-4-2-3-12(23)7-15/h2-11,26H,1H3,(H,24,25). The van der Waals surface area contributed by atoms with E-state index in [9.17, 15) is 13.4 Å². The Bertz CT molecular complexity index is 1290. The van der Waals surface area contributed by atoms with E-state index in [-0.39, 0.29) is 21.3 Å². The first-order valence-corrected chi connectivity index (χ1v) is 10.3. The average Bonchev–Trinajstić information content (AvgIpc) is 3.17. The number of halogens is 2. The second-order valence-corrected chi connectivity index (χ2v) is 7.95. The highest BCUT2D eigenvalue weighted by atomic mass is 35.5. The van der Waals surface area contributed by atoms with Gasteiger partial charge < -0.3 is 14.4 Å². The summed E-state index contributed by atoms with van der Waals surface area (Å²) in [6.45, 7) is 0. The van der Waals surface area contributed by atoms with E-state index in [1.807, 2.05) is 0 Å². The quantitative estimate of drug-likeness (QED) is 0.422. The third-order valence-corrected chi connectivity index (χ3v) is 5.85. The molecule has 0 radical (unpaired) electrons. The van der Waals surface area contributed by atoms with Gasteiger partial charge in [-0.1, -0.05) is 17.7 Å². The number of ether oxygens (including phenoxy) is 1. The maximum Gasteiger partial charge on any atom is 0.196 e. The van der Waals surface area contributed by atoms with Crippen LogP contribution >= 0.6 is 11.6 Å². The minimum absolute atomic E-state index is 0.224. The predicted molar refractivity (Wildman–Crippen MR) is 114 cm³/mol. The summed E-state index contributed by atoms with van der Waals surface area (Å²) in [5, 5.41) is 0.837. The van der Waals surface area contributed by atoms with Crippen molar-refractivity contribution in [3.8, 4) is 5.75 Å². The number of ketones is 1. The van der Waals surface area contributed by atoms with Crippen LogP contribution in [0.2, 0.25) is 5.02 Å². The predicted octanol–water partition coefficient (Wildman–Crippen LogP) is 4.73. The molecule has 0 aliphatic carbocycles. The number of anilines is 1. The van der Waals surface area contributed by atoms with E-state index in [4.69, 9.17) is 16.3 Å². The number of carbonyl (C=O) groups is 1. The van der Waals surface area contributed by atoms with Gasteiger partial charge >= 0.3 is 0 Å². The molecule has 30 heavy (non-hydrogen) atoms.